The Morgan fingerprint density at radius 2 is 1.76 bits per heavy atom. The second-order valence-electron chi connectivity index (χ2n) is 6.08. The lowest BCUT2D eigenvalue weighted by Crippen LogP contribution is -2.53. The zero-order valence-electron chi connectivity index (χ0n) is 13.0. The van der Waals surface area contributed by atoms with Crippen molar-refractivity contribution < 1.29 is 9.90 Å². The Bertz CT molecular complexity index is 390. The van der Waals surface area contributed by atoms with Crippen molar-refractivity contribution in [2.24, 2.45) is 0 Å². The van der Waals surface area contributed by atoms with Gasteiger partial charge in [-0.2, -0.15) is 0 Å². The largest absolute Gasteiger partial charge is 0.480 e. The van der Waals surface area contributed by atoms with E-state index in [1.807, 2.05) is 16.3 Å². The minimum absolute atomic E-state index is 0.469. The van der Waals surface area contributed by atoms with Gasteiger partial charge in [-0.25, -0.2) is 4.31 Å². The van der Waals surface area contributed by atoms with Gasteiger partial charge in [0.2, 0.25) is 0 Å². The summed E-state index contributed by atoms with van der Waals surface area (Å²) in [6.07, 6.45) is 4.39. The number of nitrogens with zero attached hydrogens (tertiary/aromatic N) is 3. The number of hydrogen-bond acceptors (Lipinski definition) is 5. The third kappa shape index (κ3) is 3.70. The van der Waals surface area contributed by atoms with Gasteiger partial charge in [0.25, 0.3) is 0 Å². The van der Waals surface area contributed by atoms with Gasteiger partial charge in [0, 0.05) is 26.2 Å². The van der Waals surface area contributed by atoms with E-state index in [4.69, 9.17) is 5.41 Å². The van der Waals surface area contributed by atoms with Gasteiger partial charge in [0.1, 0.15) is 5.54 Å². The van der Waals surface area contributed by atoms with Gasteiger partial charge < -0.3 is 14.9 Å². The Hall–Kier alpha value is -0.790. The molecule has 0 radical (unpaired) electrons. The van der Waals surface area contributed by atoms with Crippen LogP contribution in [0.4, 0.5) is 0 Å². The Labute approximate surface area is 131 Å². The van der Waals surface area contributed by atoms with E-state index in [-0.39, 0.29) is 0 Å². The first-order valence-corrected chi connectivity index (χ1v) is 8.40. The summed E-state index contributed by atoms with van der Waals surface area (Å²) in [6, 6.07) is 0. The molecule has 2 aliphatic rings. The summed E-state index contributed by atoms with van der Waals surface area (Å²) in [7, 11) is 3.91. The summed E-state index contributed by atoms with van der Waals surface area (Å²) in [5.74, 6) is -0.747. The molecule has 21 heavy (non-hydrogen) atoms. The lowest BCUT2D eigenvalue weighted by molar-refractivity contribution is -0.149. The van der Waals surface area contributed by atoms with E-state index in [2.05, 4.69) is 11.9 Å². The van der Waals surface area contributed by atoms with E-state index in [1.54, 1.807) is 0 Å². The van der Waals surface area contributed by atoms with E-state index in [9.17, 15) is 9.90 Å². The van der Waals surface area contributed by atoms with Crippen LogP contribution in [-0.2, 0) is 4.79 Å². The molecule has 2 fully saturated rings. The Kier molecular flexibility index (Phi) is 5.51. The molecular weight excluding hydrogens is 288 g/mol. The van der Waals surface area contributed by atoms with Crippen LogP contribution in [0.1, 0.15) is 32.1 Å². The molecule has 0 unspecified atom stereocenters. The molecular formula is C14H26N4O2S. The highest BCUT2D eigenvalue weighted by molar-refractivity contribution is 8.11. The van der Waals surface area contributed by atoms with Gasteiger partial charge >= 0.3 is 5.97 Å². The molecule has 0 aromatic carbocycles. The van der Waals surface area contributed by atoms with Crippen LogP contribution in [0.5, 0.6) is 0 Å². The normalized spacial score (nSPS) is 23.3. The topological polar surface area (TPSA) is 70.9 Å². The number of carboxylic acid groups (broad SMARTS) is 1. The molecule has 0 atom stereocenters. The Morgan fingerprint density at radius 1 is 1.19 bits per heavy atom. The fourth-order valence-electron chi connectivity index (χ4n) is 3.08. The summed E-state index contributed by atoms with van der Waals surface area (Å²) in [4.78, 5) is 16.1. The first-order chi connectivity index (χ1) is 9.95. The molecule has 1 heterocycles. The molecule has 2 N–H and O–H groups in total. The predicted octanol–water partition coefficient (Wildman–Crippen LogP) is 1.54. The van der Waals surface area contributed by atoms with Gasteiger partial charge in [-0.15, -0.1) is 0 Å². The van der Waals surface area contributed by atoms with Gasteiger partial charge in [-0.05, 0) is 38.9 Å². The minimum atomic E-state index is -0.804. The fraction of sp³-hybridized carbons (Fsp3) is 0.857. The zero-order valence-corrected chi connectivity index (χ0v) is 13.8. The smallest absolute Gasteiger partial charge is 0.324 e. The van der Waals surface area contributed by atoms with Crippen molar-refractivity contribution in [3.63, 3.8) is 0 Å². The molecule has 1 aliphatic carbocycles. The number of carboxylic acids is 1. The van der Waals surface area contributed by atoms with Gasteiger partial charge in [0.05, 0.1) is 0 Å². The van der Waals surface area contributed by atoms with Crippen molar-refractivity contribution in [2.45, 2.75) is 37.6 Å². The monoisotopic (exact) mass is 314 g/mol. The van der Waals surface area contributed by atoms with Crippen LogP contribution in [0.2, 0.25) is 0 Å². The molecule has 1 aliphatic heterocycles. The van der Waals surface area contributed by atoms with E-state index >= 15 is 0 Å². The maximum Gasteiger partial charge on any atom is 0.324 e. The zero-order chi connectivity index (χ0) is 15.5. The highest BCUT2D eigenvalue weighted by Gasteiger charge is 2.44. The number of aliphatic carboxylic acids is 1. The van der Waals surface area contributed by atoms with Crippen molar-refractivity contribution in [3.8, 4) is 0 Å². The summed E-state index contributed by atoms with van der Waals surface area (Å²) in [5.41, 5.74) is -0.804. The van der Waals surface area contributed by atoms with Crippen LogP contribution in [0, 0.1) is 5.41 Å². The van der Waals surface area contributed by atoms with Crippen molar-refractivity contribution in [1.29, 1.82) is 5.41 Å². The number of hydrogen-bond donors (Lipinski definition) is 2. The molecule has 7 heteroatoms. The molecule has 6 nitrogen and oxygen atoms in total. The van der Waals surface area contributed by atoms with Crippen LogP contribution >= 0.6 is 11.9 Å². The first-order valence-electron chi connectivity index (χ1n) is 7.63. The highest BCUT2D eigenvalue weighted by Crippen LogP contribution is 2.37. The number of amidine groups is 1. The number of rotatable bonds is 3. The number of piperazine rings is 1. The third-order valence-corrected chi connectivity index (χ3v) is 5.75. The molecule has 1 saturated heterocycles. The van der Waals surface area contributed by atoms with Crippen LogP contribution < -0.4 is 0 Å². The SMILES string of the molecule is CN1CCN(C(=N)SN(C)C2(C(=O)O)CCCCC2)CC1. The van der Waals surface area contributed by atoms with E-state index in [0.717, 1.165) is 45.4 Å². The summed E-state index contributed by atoms with van der Waals surface area (Å²) < 4.78 is 1.81. The maximum atomic E-state index is 11.8. The van der Waals surface area contributed by atoms with Crippen molar-refractivity contribution in [2.75, 3.05) is 40.3 Å². The average molecular weight is 314 g/mol. The fourth-order valence-corrected chi connectivity index (χ4v) is 4.08. The van der Waals surface area contributed by atoms with Crippen LogP contribution in [0.3, 0.4) is 0 Å². The summed E-state index contributed by atoms with van der Waals surface area (Å²) in [5, 5.41) is 18.4. The standard InChI is InChI=1S/C14H26N4O2S/c1-16-8-10-18(11-9-16)13(15)21-17(2)14(12(19)20)6-4-3-5-7-14/h15H,3-11H2,1-2H3,(H,19,20). The number of nitrogens with one attached hydrogen (secondary N) is 1. The summed E-state index contributed by atoms with van der Waals surface area (Å²) in [6.45, 7) is 3.60. The highest BCUT2D eigenvalue weighted by atomic mass is 32.2. The first kappa shape index (κ1) is 16.6. The quantitative estimate of drug-likeness (QED) is 0.468. The van der Waals surface area contributed by atoms with Crippen LogP contribution in [0.15, 0.2) is 0 Å². The Morgan fingerprint density at radius 3 is 2.29 bits per heavy atom. The Balaban J connectivity index is 1.96. The van der Waals surface area contributed by atoms with Crippen molar-refractivity contribution in [3.05, 3.63) is 0 Å². The lowest BCUT2D eigenvalue weighted by Gasteiger charge is -2.41. The molecule has 0 aromatic heterocycles. The molecule has 0 bridgehead atoms. The lowest BCUT2D eigenvalue weighted by atomic mass is 9.82. The van der Waals surface area contributed by atoms with Crippen molar-refractivity contribution in [1.82, 2.24) is 14.1 Å². The second kappa shape index (κ2) is 6.98. The minimum Gasteiger partial charge on any atom is -0.480 e. The third-order valence-electron chi connectivity index (χ3n) is 4.70. The summed E-state index contributed by atoms with van der Waals surface area (Å²) >= 11 is 1.28. The van der Waals surface area contributed by atoms with Crippen molar-refractivity contribution >= 4 is 23.1 Å². The predicted molar refractivity (Wildman–Crippen MR) is 85.6 cm³/mol. The second-order valence-corrected chi connectivity index (χ2v) is 7.20. The van der Waals surface area contributed by atoms with Gasteiger partial charge in [-0.3, -0.25) is 10.2 Å². The van der Waals surface area contributed by atoms with Gasteiger partial charge in [0.15, 0.2) is 5.17 Å². The molecule has 0 spiro atoms. The van der Waals surface area contributed by atoms with E-state index in [1.165, 1.54) is 11.9 Å². The van der Waals surface area contributed by atoms with Gasteiger partial charge in [-0.1, -0.05) is 19.3 Å². The maximum absolute atomic E-state index is 11.8. The molecule has 1 saturated carbocycles. The molecule has 120 valence electrons. The number of likely N-dealkylation sites (N-methyl/N-ethyl adjacent to an activating group) is 2. The number of carbonyl (C=O) groups is 1. The van der Waals surface area contributed by atoms with E-state index in [0.29, 0.717) is 18.0 Å². The molecule has 0 aromatic rings. The van der Waals surface area contributed by atoms with E-state index < -0.39 is 11.5 Å². The van der Waals surface area contributed by atoms with Crippen LogP contribution in [0.25, 0.3) is 0 Å². The molecule has 2 rings (SSSR count). The average Bonchev–Trinajstić information content (AvgIpc) is 2.48. The molecule has 0 amide bonds. The van der Waals surface area contributed by atoms with Crippen LogP contribution in [-0.4, -0.2) is 76.2 Å².